The second-order valence-corrected chi connectivity index (χ2v) is 10.4. The smallest absolute Gasteiger partial charge is 0.407 e. The molecule has 1 amide bonds. The first-order valence-corrected chi connectivity index (χ1v) is 11.7. The summed E-state index contributed by atoms with van der Waals surface area (Å²) in [4.78, 5) is 20.5. The van der Waals surface area contributed by atoms with E-state index in [-0.39, 0.29) is 37.5 Å². The van der Waals surface area contributed by atoms with Crippen molar-refractivity contribution in [2.75, 3.05) is 31.1 Å². The number of benzene rings is 2. The van der Waals surface area contributed by atoms with E-state index in [1.165, 1.54) is 17.0 Å². The summed E-state index contributed by atoms with van der Waals surface area (Å²) in [7, 11) is 0. The zero-order valence-corrected chi connectivity index (χ0v) is 20.0. The van der Waals surface area contributed by atoms with Crippen LogP contribution < -0.4 is 4.90 Å². The fraction of sp³-hybridized carbons (Fsp3) is 0.462. The molecule has 0 fully saturated rings. The number of aliphatic hydroxyl groups is 1. The zero-order valence-electron chi connectivity index (χ0n) is 20.0. The maximum Gasteiger partial charge on any atom is 0.407 e. The van der Waals surface area contributed by atoms with E-state index in [9.17, 15) is 19.4 Å². The first-order valence-electron chi connectivity index (χ1n) is 11.7. The molecule has 2 aromatic carbocycles. The van der Waals surface area contributed by atoms with Gasteiger partial charge in [-0.2, -0.15) is 0 Å². The van der Waals surface area contributed by atoms with Crippen molar-refractivity contribution in [3.63, 3.8) is 0 Å². The van der Waals surface area contributed by atoms with E-state index in [0.29, 0.717) is 19.4 Å². The van der Waals surface area contributed by atoms with Gasteiger partial charge < -0.3 is 19.7 Å². The van der Waals surface area contributed by atoms with Crippen molar-refractivity contribution >= 4 is 22.8 Å². The Bertz CT molecular complexity index is 1170. The number of carbonyl (C=O) groups is 1. The van der Waals surface area contributed by atoms with Gasteiger partial charge in [0.25, 0.3) is 0 Å². The van der Waals surface area contributed by atoms with Crippen LogP contribution in [0.3, 0.4) is 0 Å². The van der Waals surface area contributed by atoms with E-state index in [1.807, 2.05) is 28.8 Å². The Morgan fingerprint density at radius 3 is 2.65 bits per heavy atom. The van der Waals surface area contributed by atoms with Crippen molar-refractivity contribution in [2.45, 2.75) is 45.7 Å². The molecule has 0 saturated carbocycles. The number of aromatic nitrogens is 2. The van der Waals surface area contributed by atoms with Crippen LogP contribution in [0.25, 0.3) is 11.0 Å². The highest BCUT2D eigenvalue weighted by Gasteiger charge is 2.43. The quantitative estimate of drug-likeness (QED) is 0.513. The van der Waals surface area contributed by atoms with E-state index in [0.717, 1.165) is 22.3 Å². The molecule has 7 nitrogen and oxygen atoms in total. The summed E-state index contributed by atoms with van der Waals surface area (Å²) in [6, 6.07) is 12.4. The number of rotatable bonds is 8. The van der Waals surface area contributed by atoms with Gasteiger partial charge >= 0.3 is 6.09 Å². The van der Waals surface area contributed by atoms with E-state index in [2.05, 4.69) is 30.7 Å². The number of amides is 1. The number of hydrogen-bond donors (Lipinski definition) is 2. The van der Waals surface area contributed by atoms with Crippen LogP contribution in [-0.4, -0.2) is 62.5 Å². The van der Waals surface area contributed by atoms with Gasteiger partial charge in [0, 0.05) is 25.3 Å². The number of nitrogens with zero attached hydrogens (tertiary/aromatic N) is 4. The van der Waals surface area contributed by atoms with Gasteiger partial charge in [-0.3, -0.25) is 4.90 Å². The predicted octanol–water partition coefficient (Wildman–Crippen LogP) is 4.39. The maximum atomic E-state index is 13.8. The molecule has 182 valence electrons. The summed E-state index contributed by atoms with van der Waals surface area (Å²) in [5, 5.41) is 21.1. The third-order valence-corrected chi connectivity index (χ3v) is 6.69. The Hall–Kier alpha value is -3.13. The topological polar surface area (TPSA) is 81.8 Å². The molecule has 0 spiro atoms. The minimum absolute atomic E-state index is 0.0750. The molecule has 1 aromatic heterocycles. The third kappa shape index (κ3) is 4.87. The molecule has 1 aliphatic heterocycles. The lowest BCUT2D eigenvalue weighted by molar-refractivity contribution is 0.0211. The number of imidazole rings is 1. The van der Waals surface area contributed by atoms with Gasteiger partial charge in [-0.25, -0.2) is 14.2 Å². The lowest BCUT2D eigenvalue weighted by Gasteiger charge is -2.45. The van der Waals surface area contributed by atoms with Crippen LogP contribution in [0.1, 0.15) is 32.8 Å². The van der Waals surface area contributed by atoms with Crippen molar-refractivity contribution in [3.05, 3.63) is 60.2 Å². The Balaban J connectivity index is 1.75. The number of anilines is 1. The van der Waals surface area contributed by atoms with E-state index < -0.39 is 11.6 Å². The average molecular weight is 469 g/mol. The van der Waals surface area contributed by atoms with Crippen LogP contribution in [0.2, 0.25) is 0 Å². The minimum Gasteiger partial charge on any atom is -0.465 e. The molecule has 0 saturated heterocycles. The molecule has 0 aliphatic carbocycles. The molecule has 1 atom stereocenters. The van der Waals surface area contributed by atoms with Crippen LogP contribution in [0.15, 0.2) is 48.8 Å². The van der Waals surface area contributed by atoms with Crippen LogP contribution in [-0.2, 0) is 13.0 Å². The van der Waals surface area contributed by atoms with Crippen LogP contribution in [0.4, 0.5) is 14.9 Å². The predicted molar refractivity (Wildman–Crippen MR) is 131 cm³/mol. The summed E-state index contributed by atoms with van der Waals surface area (Å²) >= 11 is 0. The lowest BCUT2D eigenvalue weighted by Crippen LogP contribution is -2.62. The first kappa shape index (κ1) is 24.0. The average Bonchev–Trinajstić information content (AvgIpc) is 3.36. The van der Waals surface area contributed by atoms with Crippen LogP contribution in [0, 0.1) is 11.2 Å². The molecule has 4 rings (SSSR count). The summed E-state index contributed by atoms with van der Waals surface area (Å²) in [6.07, 6.45) is 1.96. The Morgan fingerprint density at radius 1 is 1.18 bits per heavy atom. The van der Waals surface area contributed by atoms with Crippen LogP contribution in [0.5, 0.6) is 0 Å². The molecule has 0 radical (unpaired) electrons. The second-order valence-electron chi connectivity index (χ2n) is 10.4. The maximum absolute atomic E-state index is 13.8. The van der Waals surface area contributed by atoms with E-state index >= 15 is 0 Å². The van der Waals surface area contributed by atoms with Crippen molar-refractivity contribution in [2.24, 2.45) is 5.41 Å². The van der Waals surface area contributed by atoms with Crippen LogP contribution >= 0.6 is 0 Å². The fourth-order valence-corrected chi connectivity index (χ4v) is 4.80. The van der Waals surface area contributed by atoms with Gasteiger partial charge in [0.15, 0.2) is 0 Å². The minimum atomic E-state index is -1.13. The number of halogens is 1. The highest BCUT2D eigenvalue weighted by atomic mass is 19.1. The summed E-state index contributed by atoms with van der Waals surface area (Å²) in [5.74, 6) is -0.281. The SMILES string of the molecule is CC(C)(C)CCN(C(=O)O)[C@](CO)(CN1CCc2cc(F)ccc21)Cn1cnc2ccccc21. The molecular formula is C26H33FN4O3. The molecule has 1 aliphatic rings. The number of hydrogen-bond acceptors (Lipinski definition) is 4. The largest absolute Gasteiger partial charge is 0.465 e. The van der Waals surface area contributed by atoms with E-state index in [1.54, 1.807) is 12.4 Å². The summed E-state index contributed by atoms with van der Waals surface area (Å²) in [5.41, 5.74) is 2.27. The molecule has 3 aromatic rings. The summed E-state index contributed by atoms with van der Waals surface area (Å²) < 4.78 is 15.7. The molecule has 0 bridgehead atoms. The normalized spacial score (nSPS) is 15.4. The number of para-hydroxylation sites is 2. The molecule has 34 heavy (non-hydrogen) atoms. The Morgan fingerprint density at radius 2 is 1.94 bits per heavy atom. The van der Waals surface area contributed by atoms with E-state index in [4.69, 9.17) is 0 Å². The van der Waals surface area contributed by atoms with Crippen molar-refractivity contribution in [3.8, 4) is 0 Å². The molecule has 2 heterocycles. The lowest BCUT2D eigenvalue weighted by atomic mass is 9.90. The molecule has 0 unspecified atom stereocenters. The van der Waals surface area contributed by atoms with Crippen molar-refractivity contribution in [1.29, 1.82) is 0 Å². The van der Waals surface area contributed by atoms with Crippen molar-refractivity contribution < 1.29 is 19.4 Å². The second kappa shape index (κ2) is 9.25. The van der Waals surface area contributed by atoms with Gasteiger partial charge in [0.1, 0.15) is 11.4 Å². The molecular weight excluding hydrogens is 435 g/mol. The van der Waals surface area contributed by atoms with Gasteiger partial charge in [-0.05, 0) is 54.2 Å². The number of aliphatic hydroxyl groups excluding tert-OH is 1. The fourth-order valence-electron chi connectivity index (χ4n) is 4.80. The zero-order chi connectivity index (χ0) is 24.5. The van der Waals surface area contributed by atoms with Gasteiger partial charge in [-0.1, -0.05) is 32.9 Å². The number of fused-ring (bicyclic) bond motifs is 2. The Labute approximate surface area is 199 Å². The van der Waals surface area contributed by atoms with Gasteiger partial charge in [0.05, 0.1) is 30.5 Å². The highest BCUT2D eigenvalue weighted by molar-refractivity contribution is 5.75. The van der Waals surface area contributed by atoms with Crippen molar-refractivity contribution in [1.82, 2.24) is 14.5 Å². The van der Waals surface area contributed by atoms with Gasteiger partial charge in [0.2, 0.25) is 0 Å². The number of carboxylic acid groups (broad SMARTS) is 1. The molecule has 8 heteroatoms. The third-order valence-electron chi connectivity index (χ3n) is 6.69. The first-order chi connectivity index (χ1) is 16.1. The summed E-state index contributed by atoms with van der Waals surface area (Å²) in [6.45, 7) is 7.31. The monoisotopic (exact) mass is 468 g/mol. The van der Waals surface area contributed by atoms with Gasteiger partial charge in [-0.15, -0.1) is 0 Å². The standard InChI is InChI=1S/C26H33FN4O3/c1-25(2,3)11-13-31(24(33)34)26(17-32,16-30-18-28-21-6-4-5-7-23(21)30)15-29-12-10-19-14-20(27)8-9-22(19)29/h4-9,14,18,32H,10-13,15-17H2,1-3H3,(H,33,34)/t26-/m1/s1. The Kier molecular flexibility index (Phi) is 6.53. The highest BCUT2D eigenvalue weighted by Crippen LogP contribution is 2.33. The molecule has 2 N–H and O–H groups in total.